The predicted octanol–water partition coefficient (Wildman–Crippen LogP) is 1.95. The Hall–Kier alpha value is -0.360. The first-order valence-corrected chi connectivity index (χ1v) is 6.73. The van der Waals surface area contributed by atoms with Gasteiger partial charge in [-0.05, 0) is 6.42 Å². The van der Waals surface area contributed by atoms with Gasteiger partial charge in [-0.15, -0.1) is 11.8 Å². The van der Waals surface area contributed by atoms with Crippen LogP contribution in [0.5, 0.6) is 0 Å². The van der Waals surface area contributed by atoms with Gasteiger partial charge < -0.3 is 10.3 Å². The van der Waals surface area contributed by atoms with Crippen molar-refractivity contribution in [2.45, 2.75) is 23.8 Å². The molecule has 2 N–H and O–H groups in total. The van der Waals surface area contributed by atoms with Crippen LogP contribution in [0.3, 0.4) is 0 Å². The van der Waals surface area contributed by atoms with Crippen LogP contribution in [0.25, 0.3) is 0 Å². The van der Waals surface area contributed by atoms with Crippen LogP contribution in [-0.2, 0) is 0 Å². The fraction of sp³-hybridized carbons (Fsp3) is 0.750. The Morgan fingerprint density at radius 3 is 2.93 bits per heavy atom. The van der Waals surface area contributed by atoms with Gasteiger partial charge in [0, 0.05) is 16.8 Å². The first-order valence-electron chi connectivity index (χ1n) is 4.63. The molecule has 0 amide bonds. The van der Waals surface area contributed by atoms with Crippen LogP contribution in [0.4, 0.5) is 6.01 Å². The zero-order valence-electron chi connectivity index (χ0n) is 7.97. The number of anilines is 1. The van der Waals surface area contributed by atoms with Crippen molar-refractivity contribution >= 4 is 29.5 Å². The van der Waals surface area contributed by atoms with E-state index in [4.69, 9.17) is 10.3 Å². The minimum absolute atomic E-state index is 0.172. The molecule has 0 saturated carbocycles. The lowest BCUT2D eigenvalue weighted by Gasteiger charge is -2.27. The fourth-order valence-corrected chi connectivity index (χ4v) is 4.49. The van der Waals surface area contributed by atoms with E-state index in [2.05, 4.69) is 17.1 Å². The highest BCUT2D eigenvalue weighted by Crippen LogP contribution is 2.42. The lowest BCUT2D eigenvalue weighted by molar-refractivity contribution is 0.425. The maximum absolute atomic E-state index is 5.42. The summed E-state index contributed by atoms with van der Waals surface area (Å²) in [5, 5.41) is 4.83. The molecular formula is C8H13N3OS2. The van der Waals surface area contributed by atoms with E-state index >= 15 is 0 Å². The third kappa shape index (κ3) is 2.00. The molecule has 1 saturated heterocycles. The Morgan fingerprint density at radius 2 is 2.29 bits per heavy atom. The van der Waals surface area contributed by atoms with Crippen LogP contribution in [0, 0.1) is 0 Å². The van der Waals surface area contributed by atoms with Gasteiger partial charge in [0.05, 0.1) is 5.25 Å². The molecule has 1 aromatic rings. The third-order valence-electron chi connectivity index (χ3n) is 2.16. The van der Waals surface area contributed by atoms with Crippen LogP contribution in [0.15, 0.2) is 4.52 Å². The highest BCUT2D eigenvalue weighted by molar-refractivity contribution is 8.06. The molecule has 1 fully saturated rings. The molecule has 0 bridgehead atoms. The molecule has 0 aromatic carbocycles. The van der Waals surface area contributed by atoms with Crippen molar-refractivity contribution in [2.75, 3.05) is 17.2 Å². The standard InChI is InChI=1S/C8H13N3OS2/c1-2-5-6(14-4-3-13-5)7-10-8(9)12-11-7/h5-6H,2-4H2,1H3,(H2,9,10,11). The summed E-state index contributed by atoms with van der Waals surface area (Å²) in [6.45, 7) is 2.19. The first kappa shape index (κ1) is 10.2. The molecule has 14 heavy (non-hydrogen) atoms. The van der Waals surface area contributed by atoms with Gasteiger partial charge in [0.1, 0.15) is 0 Å². The normalized spacial score (nSPS) is 27.8. The largest absolute Gasteiger partial charge is 0.351 e. The van der Waals surface area contributed by atoms with E-state index in [9.17, 15) is 0 Å². The second-order valence-electron chi connectivity index (χ2n) is 3.10. The molecule has 0 aliphatic carbocycles. The maximum Gasteiger partial charge on any atom is 0.318 e. The molecule has 78 valence electrons. The molecule has 0 spiro atoms. The zero-order chi connectivity index (χ0) is 9.97. The maximum atomic E-state index is 5.42. The summed E-state index contributed by atoms with van der Waals surface area (Å²) in [4.78, 5) is 4.10. The average Bonchev–Trinajstić information content (AvgIpc) is 2.65. The second kappa shape index (κ2) is 4.44. The van der Waals surface area contributed by atoms with Crippen LogP contribution < -0.4 is 5.73 Å². The molecule has 6 heteroatoms. The molecule has 0 radical (unpaired) electrons. The molecule has 1 aliphatic heterocycles. The molecule has 1 aromatic heterocycles. The summed E-state index contributed by atoms with van der Waals surface area (Å²) in [7, 11) is 0. The number of thioether (sulfide) groups is 2. The lowest BCUT2D eigenvalue weighted by atomic mass is 10.2. The Bertz CT molecular complexity index is 305. The summed E-state index contributed by atoms with van der Waals surface area (Å²) in [5.41, 5.74) is 5.42. The molecule has 1 aliphatic rings. The van der Waals surface area contributed by atoms with Crippen LogP contribution >= 0.6 is 23.5 Å². The van der Waals surface area contributed by atoms with Crippen molar-refractivity contribution < 1.29 is 4.52 Å². The van der Waals surface area contributed by atoms with Gasteiger partial charge in [-0.1, -0.05) is 12.1 Å². The summed E-state index contributed by atoms with van der Waals surface area (Å²) < 4.78 is 4.80. The molecule has 4 nitrogen and oxygen atoms in total. The fourth-order valence-electron chi connectivity index (χ4n) is 1.50. The average molecular weight is 231 g/mol. The Balaban J connectivity index is 2.14. The van der Waals surface area contributed by atoms with Crippen LogP contribution in [-0.4, -0.2) is 26.9 Å². The topological polar surface area (TPSA) is 64.9 Å². The van der Waals surface area contributed by atoms with Gasteiger partial charge in [0.15, 0.2) is 5.82 Å². The van der Waals surface area contributed by atoms with Crippen molar-refractivity contribution in [1.29, 1.82) is 0 Å². The van der Waals surface area contributed by atoms with Gasteiger partial charge in [-0.2, -0.15) is 16.7 Å². The summed E-state index contributed by atoms with van der Waals surface area (Å²) in [6.07, 6.45) is 1.14. The van der Waals surface area contributed by atoms with Gasteiger partial charge in [0.2, 0.25) is 0 Å². The highest BCUT2D eigenvalue weighted by atomic mass is 32.2. The predicted molar refractivity (Wildman–Crippen MR) is 60.4 cm³/mol. The number of hydrogen-bond donors (Lipinski definition) is 1. The summed E-state index contributed by atoms with van der Waals surface area (Å²) in [6, 6.07) is 0.172. The smallest absolute Gasteiger partial charge is 0.318 e. The number of nitrogens with zero attached hydrogens (tertiary/aromatic N) is 2. The number of hydrogen-bond acceptors (Lipinski definition) is 6. The Morgan fingerprint density at radius 1 is 1.50 bits per heavy atom. The van der Waals surface area contributed by atoms with E-state index in [1.807, 2.05) is 23.5 Å². The minimum atomic E-state index is 0.172. The monoisotopic (exact) mass is 231 g/mol. The molecule has 2 unspecified atom stereocenters. The van der Waals surface area contributed by atoms with E-state index in [0.29, 0.717) is 10.5 Å². The van der Waals surface area contributed by atoms with E-state index < -0.39 is 0 Å². The number of aromatic nitrogens is 2. The SMILES string of the molecule is CCC1SCCSC1c1noc(N)n1. The van der Waals surface area contributed by atoms with Gasteiger partial charge in [-0.3, -0.25) is 0 Å². The van der Waals surface area contributed by atoms with E-state index in [1.165, 1.54) is 5.75 Å². The molecule has 2 heterocycles. The van der Waals surface area contributed by atoms with Crippen molar-refractivity contribution in [3.05, 3.63) is 5.82 Å². The third-order valence-corrected chi connectivity index (χ3v) is 5.41. The van der Waals surface area contributed by atoms with Gasteiger partial charge in [-0.25, -0.2) is 0 Å². The second-order valence-corrected chi connectivity index (χ2v) is 5.70. The summed E-state index contributed by atoms with van der Waals surface area (Å²) >= 11 is 3.89. The Labute approximate surface area is 91.4 Å². The lowest BCUT2D eigenvalue weighted by Crippen LogP contribution is -2.19. The first-order chi connectivity index (χ1) is 6.81. The zero-order valence-corrected chi connectivity index (χ0v) is 9.61. The van der Waals surface area contributed by atoms with Gasteiger partial charge >= 0.3 is 6.01 Å². The van der Waals surface area contributed by atoms with Crippen molar-refractivity contribution in [1.82, 2.24) is 10.1 Å². The highest BCUT2D eigenvalue weighted by Gasteiger charge is 2.29. The van der Waals surface area contributed by atoms with Gasteiger partial charge in [0.25, 0.3) is 0 Å². The van der Waals surface area contributed by atoms with E-state index in [0.717, 1.165) is 18.0 Å². The number of nitrogen functional groups attached to an aromatic ring is 1. The van der Waals surface area contributed by atoms with Crippen LogP contribution in [0.1, 0.15) is 24.4 Å². The van der Waals surface area contributed by atoms with E-state index in [-0.39, 0.29) is 6.01 Å². The number of rotatable bonds is 2. The van der Waals surface area contributed by atoms with Crippen molar-refractivity contribution in [3.63, 3.8) is 0 Å². The molecule has 2 rings (SSSR count). The van der Waals surface area contributed by atoms with Crippen molar-refractivity contribution in [3.8, 4) is 0 Å². The molecular weight excluding hydrogens is 218 g/mol. The summed E-state index contributed by atoms with van der Waals surface area (Å²) in [5.74, 6) is 3.12. The van der Waals surface area contributed by atoms with Crippen LogP contribution in [0.2, 0.25) is 0 Å². The minimum Gasteiger partial charge on any atom is -0.351 e. The Kier molecular flexibility index (Phi) is 3.22. The number of nitrogens with two attached hydrogens (primary N) is 1. The van der Waals surface area contributed by atoms with Crippen molar-refractivity contribution in [2.24, 2.45) is 0 Å². The van der Waals surface area contributed by atoms with E-state index in [1.54, 1.807) is 0 Å². The quantitative estimate of drug-likeness (QED) is 0.839. The molecule has 2 atom stereocenters.